The Hall–Kier alpha value is -2.23. The summed E-state index contributed by atoms with van der Waals surface area (Å²) in [5.41, 5.74) is 3.89. The number of nitrogens with one attached hydrogen (secondary N) is 1. The molecule has 2 aromatic rings. The van der Waals surface area contributed by atoms with Crippen molar-refractivity contribution in [3.8, 4) is 0 Å². The molecule has 0 unspecified atom stereocenters. The van der Waals surface area contributed by atoms with Gasteiger partial charge in [-0.2, -0.15) is 0 Å². The molecule has 4 nitrogen and oxygen atoms in total. The fourth-order valence-electron chi connectivity index (χ4n) is 1.74. The van der Waals surface area contributed by atoms with Gasteiger partial charge in [0.2, 0.25) is 5.95 Å². The first-order valence-corrected chi connectivity index (χ1v) is 5.74. The second kappa shape index (κ2) is 4.96. The molecular formula is C14H15N3O. The van der Waals surface area contributed by atoms with Gasteiger partial charge in [0.05, 0.1) is 0 Å². The number of carbonyl (C=O) groups is 1. The zero-order valence-electron chi connectivity index (χ0n) is 10.7. The van der Waals surface area contributed by atoms with E-state index < -0.39 is 0 Å². The highest BCUT2D eigenvalue weighted by Gasteiger charge is 2.11. The van der Waals surface area contributed by atoms with Crippen LogP contribution in [0.4, 0.5) is 5.95 Å². The summed E-state index contributed by atoms with van der Waals surface area (Å²) in [5.74, 6) is 0.141. The number of hydrogen-bond donors (Lipinski definition) is 1. The van der Waals surface area contributed by atoms with Gasteiger partial charge in [0.1, 0.15) is 0 Å². The van der Waals surface area contributed by atoms with Crippen LogP contribution in [0, 0.1) is 20.8 Å². The SMILES string of the molecule is Cc1cc(C)c(C(=O)Nc2ncccn2)cc1C. The largest absolute Gasteiger partial charge is 0.290 e. The van der Waals surface area contributed by atoms with E-state index in [0.717, 1.165) is 11.1 Å². The molecule has 18 heavy (non-hydrogen) atoms. The molecule has 0 aliphatic rings. The first-order valence-electron chi connectivity index (χ1n) is 5.74. The number of nitrogens with zero attached hydrogens (tertiary/aromatic N) is 2. The Morgan fingerprint density at radius 1 is 1.00 bits per heavy atom. The van der Waals surface area contributed by atoms with Gasteiger partial charge in [-0.25, -0.2) is 9.97 Å². The average Bonchev–Trinajstić information content (AvgIpc) is 2.35. The highest BCUT2D eigenvalue weighted by atomic mass is 16.1. The zero-order valence-corrected chi connectivity index (χ0v) is 10.7. The monoisotopic (exact) mass is 241 g/mol. The maximum Gasteiger partial charge on any atom is 0.258 e. The summed E-state index contributed by atoms with van der Waals surface area (Å²) in [6.07, 6.45) is 3.19. The van der Waals surface area contributed by atoms with E-state index in [1.807, 2.05) is 32.9 Å². The maximum atomic E-state index is 12.1. The molecule has 0 spiro atoms. The van der Waals surface area contributed by atoms with Gasteiger partial charge < -0.3 is 0 Å². The van der Waals surface area contributed by atoms with E-state index in [1.54, 1.807) is 18.5 Å². The summed E-state index contributed by atoms with van der Waals surface area (Å²) in [5, 5.41) is 2.68. The van der Waals surface area contributed by atoms with Crippen molar-refractivity contribution in [2.75, 3.05) is 5.32 Å². The van der Waals surface area contributed by atoms with Crippen LogP contribution in [0.25, 0.3) is 0 Å². The van der Waals surface area contributed by atoms with Gasteiger partial charge in [-0.3, -0.25) is 10.1 Å². The number of carbonyl (C=O) groups excluding carboxylic acids is 1. The Labute approximate surface area is 106 Å². The molecule has 0 aliphatic heterocycles. The number of aromatic nitrogens is 2. The van der Waals surface area contributed by atoms with Gasteiger partial charge in [-0.05, 0) is 49.6 Å². The Morgan fingerprint density at radius 2 is 1.61 bits per heavy atom. The van der Waals surface area contributed by atoms with Gasteiger partial charge in [0.25, 0.3) is 5.91 Å². The minimum Gasteiger partial charge on any atom is -0.290 e. The van der Waals surface area contributed by atoms with Crippen LogP contribution in [0.2, 0.25) is 0 Å². The zero-order chi connectivity index (χ0) is 13.1. The van der Waals surface area contributed by atoms with Crippen LogP contribution < -0.4 is 5.32 Å². The van der Waals surface area contributed by atoms with Gasteiger partial charge in [-0.15, -0.1) is 0 Å². The van der Waals surface area contributed by atoms with E-state index in [9.17, 15) is 4.79 Å². The van der Waals surface area contributed by atoms with Crippen LogP contribution in [0.1, 0.15) is 27.0 Å². The van der Waals surface area contributed by atoms with Crippen molar-refractivity contribution in [1.29, 1.82) is 0 Å². The van der Waals surface area contributed by atoms with Crippen LogP contribution in [-0.2, 0) is 0 Å². The second-order valence-corrected chi connectivity index (χ2v) is 4.28. The lowest BCUT2D eigenvalue weighted by molar-refractivity contribution is 0.102. The number of aryl methyl sites for hydroxylation is 3. The van der Waals surface area contributed by atoms with Crippen molar-refractivity contribution >= 4 is 11.9 Å². The molecule has 1 amide bonds. The molecule has 0 saturated heterocycles. The standard InChI is InChI=1S/C14H15N3O/c1-9-7-11(3)12(8-10(9)2)13(18)17-14-15-5-4-6-16-14/h4-8H,1-3H3,(H,15,16,17,18). The quantitative estimate of drug-likeness (QED) is 0.879. The summed E-state index contributed by atoms with van der Waals surface area (Å²) in [6.45, 7) is 5.95. The third-order valence-electron chi connectivity index (χ3n) is 2.88. The van der Waals surface area contributed by atoms with Gasteiger partial charge in [-0.1, -0.05) is 6.07 Å². The molecule has 2 rings (SSSR count). The number of hydrogen-bond acceptors (Lipinski definition) is 3. The first kappa shape index (κ1) is 12.2. The Kier molecular flexibility index (Phi) is 3.37. The molecular weight excluding hydrogens is 226 g/mol. The van der Waals surface area contributed by atoms with Crippen molar-refractivity contribution in [3.05, 3.63) is 52.8 Å². The molecule has 0 atom stereocenters. The van der Waals surface area contributed by atoms with E-state index in [1.165, 1.54) is 5.56 Å². The van der Waals surface area contributed by atoms with Crippen molar-refractivity contribution in [2.24, 2.45) is 0 Å². The molecule has 1 heterocycles. The van der Waals surface area contributed by atoms with Crippen LogP contribution in [0.5, 0.6) is 0 Å². The molecule has 0 radical (unpaired) electrons. The normalized spacial score (nSPS) is 10.2. The van der Waals surface area contributed by atoms with Crippen molar-refractivity contribution in [2.45, 2.75) is 20.8 Å². The molecule has 1 aromatic carbocycles. The lowest BCUT2D eigenvalue weighted by atomic mass is 10.0. The molecule has 4 heteroatoms. The first-order chi connectivity index (χ1) is 8.58. The van der Waals surface area contributed by atoms with Crippen LogP contribution in [0.3, 0.4) is 0 Å². The second-order valence-electron chi connectivity index (χ2n) is 4.28. The molecule has 0 bridgehead atoms. The third-order valence-corrected chi connectivity index (χ3v) is 2.88. The molecule has 92 valence electrons. The Morgan fingerprint density at radius 3 is 2.28 bits per heavy atom. The summed E-state index contributed by atoms with van der Waals surface area (Å²) in [6, 6.07) is 5.61. The van der Waals surface area contributed by atoms with Crippen molar-refractivity contribution in [3.63, 3.8) is 0 Å². The summed E-state index contributed by atoms with van der Waals surface area (Å²) >= 11 is 0. The van der Waals surface area contributed by atoms with Gasteiger partial charge >= 0.3 is 0 Å². The van der Waals surface area contributed by atoms with Crippen LogP contribution in [0.15, 0.2) is 30.6 Å². The van der Waals surface area contributed by atoms with Crippen LogP contribution >= 0.6 is 0 Å². The lowest BCUT2D eigenvalue weighted by Crippen LogP contribution is -2.15. The fourth-order valence-corrected chi connectivity index (χ4v) is 1.74. The van der Waals surface area contributed by atoms with Gasteiger partial charge in [0.15, 0.2) is 0 Å². The topological polar surface area (TPSA) is 54.9 Å². The predicted octanol–water partition coefficient (Wildman–Crippen LogP) is 2.65. The van der Waals surface area contributed by atoms with Crippen molar-refractivity contribution < 1.29 is 4.79 Å². The average molecular weight is 241 g/mol. The molecule has 1 N–H and O–H groups in total. The molecule has 1 aromatic heterocycles. The number of anilines is 1. The highest BCUT2D eigenvalue weighted by Crippen LogP contribution is 2.16. The summed E-state index contributed by atoms with van der Waals surface area (Å²) in [7, 11) is 0. The van der Waals surface area contributed by atoms with Crippen molar-refractivity contribution in [1.82, 2.24) is 9.97 Å². The number of amides is 1. The lowest BCUT2D eigenvalue weighted by Gasteiger charge is -2.09. The van der Waals surface area contributed by atoms with Gasteiger partial charge in [0, 0.05) is 18.0 Å². The third kappa shape index (κ3) is 2.53. The highest BCUT2D eigenvalue weighted by molar-refractivity contribution is 6.04. The number of rotatable bonds is 2. The predicted molar refractivity (Wildman–Crippen MR) is 70.6 cm³/mol. The minimum absolute atomic E-state index is 0.179. The molecule has 0 saturated carbocycles. The maximum absolute atomic E-state index is 12.1. The molecule has 0 fully saturated rings. The Bertz CT molecular complexity index is 579. The fraction of sp³-hybridized carbons (Fsp3) is 0.214. The van der Waals surface area contributed by atoms with E-state index >= 15 is 0 Å². The minimum atomic E-state index is -0.179. The van der Waals surface area contributed by atoms with E-state index in [4.69, 9.17) is 0 Å². The molecule has 0 aliphatic carbocycles. The van der Waals surface area contributed by atoms with E-state index in [2.05, 4.69) is 15.3 Å². The summed E-state index contributed by atoms with van der Waals surface area (Å²) < 4.78 is 0. The van der Waals surface area contributed by atoms with E-state index in [-0.39, 0.29) is 5.91 Å². The van der Waals surface area contributed by atoms with Crippen LogP contribution in [-0.4, -0.2) is 15.9 Å². The summed E-state index contributed by atoms with van der Waals surface area (Å²) in [4.78, 5) is 20.0. The Balaban J connectivity index is 2.27. The smallest absolute Gasteiger partial charge is 0.258 e. The number of benzene rings is 1. The van der Waals surface area contributed by atoms with E-state index in [0.29, 0.717) is 11.5 Å².